The molecule has 4 heteroatoms. The number of nitrogens with zero attached hydrogens (tertiary/aromatic N) is 2. The molecule has 1 amide bonds. The first-order chi connectivity index (χ1) is 6.15. The quantitative estimate of drug-likeness (QED) is 0.742. The van der Waals surface area contributed by atoms with Gasteiger partial charge in [-0.3, -0.25) is 4.79 Å². The number of rotatable bonds is 3. The molecule has 0 aliphatic carbocycles. The van der Waals surface area contributed by atoms with Crippen molar-refractivity contribution in [2.24, 2.45) is 0 Å². The zero-order chi connectivity index (χ0) is 9.84. The molecule has 3 nitrogen and oxygen atoms in total. The van der Waals surface area contributed by atoms with Gasteiger partial charge in [-0.2, -0.15) is 0 Å². The molecule has 0 aromatic carbocycles. The number of hydrogen-bond donors (Lipinski definition) is 0. The van der Waals surface area contributed by atoms with Crippen LogP contribution in [0.2, 0.25) is 0 Å². The monoisotopic (exact) mass is 198 g/mol. The first-order valence-electron chi connectivity index (χ1n) is 4.28. The lowest BCUT2D eigenvalue weighted by Crippen LogP contribution is -2.24. The summed E-state index contributed by atoms with van der Waals surface area (Å²) in [4.78, 5) is 18.3. The molecule has 0 fully saturated rings. The number of aromatic nitrogens is 1. The second-order valence-corrected chi connectivity index (χ2v) is 3.90. The van der Waals surface area contributed by atoms with Gasteiger partial charge in [0.25, 0.3) is 0 Å². The zero-order valence-electron chi connectivity index (χ0n) is 8.20. The molecule has 1 heterocycles. The van der Waals surface area contributed by atoms with Crippen LogP contribution in [0.1, 0.15) is 23.9 Å². The summed E-state index contributed by atoms with van der Waals surface area (Å²) in [5.41, 5.74) is 2.84. The molecule has 1 aromatic rings. The van der Waals surface area contributed by atoms with Crippen LogP contribution in [0, 0.1) is 6.92 Å². The van der Waals surface area contributed by atoms with Gasteiger partial charge in [0.2, 0.25) is 5.91 Å². The summed E-state index contributed by atoms with van der Waals surface area (Å²) < 4.78 is 0. The molecule has 0 bridgehead atoms. The van der Waals surface area contributed by atoms with Gasteiger partial charge in [-0.05, 0) is 6.92 Å². The van der Waals surface area contributed by atoms with Gasteiger partial charge in [-0.1, -0.05) is 6.92 Å². The van der Waals surface area contributed by atoms with E-state index in [1.165, 1.54) is 4.88 Å². The smallest absolute Gasteiger partial charge is 0.222 e. The maximum atomic E-state index is 11.3. The first-order valence-corrected chi connectivity index (χ1v) is 5.16. The second kappa shape index (κ2) is 4.37. The molecule has 13 heavy (non-hydrogen) atoms. The molecule has 0 saturated carbocycles. The number of carbonyl (C=O) groups excluding carboxylic acids is 1. The Bertz CT molecular complexity index is 296. The van der Waals surface area contributed by atoms with Crippen molar-refractivity contribution in [1.82, 2.24) is 9.88 Å². The van der Waals surface area contributed by atoms with Gasteiger partial charge < -0.3 is 4.90 Å². The van der Waals surface area contributed by atoms with Gasteiger partial charge in [-0.15, -0.1) is 11.3 Å². The van der Waals surface area contributed by atoms with Crippen molar-refractivity contribution in [1.29, 1.82) is 0 Å². The number of hydrogen-bond acceptors (Lipinski definition) is 3. The molecule has 0 unspecified atom stereocenters. The standard InChI is InChI=1S/C9H14N2OS/c1-4-9(12)11(3)5-8-7(2)10-6-13-8/h6H,4-5H2,1-3H3. The molecule has 0 atom stereocenters. The molecular formula is C9H14N2OS. The third-order valence-corrected chi connectivity index (χ3v) is 2.87. The van der Waals surface area contributed by atoms with Crippen LogP contribution in [0.5, 0.6) is 0 Å². The summed E-state index contributed by atoms with van der Waals surface area (Å²) in [5, 5.41) is 0. The average Bonchev–Trinajstić information content (AvgIpc) is 2.50. The van der Waals surface area contributed by atoms with E-state index < -0.39 is 0 Å². The van der Waals surface area contributed by atoms with E-state index in [0.717, 1.165) is 5.69 Å². The topological polar surface area (TPSA) is 33.2 Å². The zero-order valence-corrected chi connectivity index (χ0v) is 9.02. The highest BCUT2D eigenvalue weighted by molar-refractivity contribution is 7.09. The summed E-state index contributed by atoms with van der Waals surface area (Å²) >= 11 is 1.60. The minimum absolute atomic E-state index is 0.174. The van der Waals surface area contributed by atoms with E-state index in [0.29, 0.717) is 13.0 Å². The molecule has 72 valence electrons. The highest BCUT2D eigenvalue weighted by Gasteiger charge is 2.09. The Balaban J connectivity index is 2.59. The third-order valence-electron chi connectivity index (χ3n) is 1.95. The molecule has 0 radical (unpaired) electrons. The van der Waals surface area contributed by atoms with Gasteiger partial charge in [0.15, 0.2) is 0 Å². The van der Waals surface area contributed by atoms with Crippen molar-refractivity contribution in [3.05, 3.63) is 16.1 Å². The number of amides is 1. The number of aryl methyl sites for hydroxylation is 1. The van der Waals surface area contributed by atoms with Crippen LogP contribution in [0.15, 0.2) is 5.51 Å². The molecule has 1 rings (SSSR count). The highest BCUT2D eigenvalue weighted by atomic mass is 32.1. The Morgan fingerprint density at radius 1 is 1.69 bits per heavy atom. The highest BCUT2D eigenvalue weighted by Crippen LogP contribution is 2.14. The van der Waals surface area contributed by atoms with Crippen molar-refractivity contribution >= 4 is 17.2 Å². The summed E-state index contributed by atoms with van der Waals surface area (Å²) in [6.45, 7) is 4.53. The van der Waals surface area contributed by atoms with E-state index in [-0.39, 0.29) is 5.91 Å². The summed E-state index contributed by atoms with van der Waals surface area (Å²) in [7, 11) is 1.82. The van der Waals surface area contributed by atoms with Crippen LogP contribution in [-0.2, 0) is 11.3 Å². The fraction of sp³-hybridized carbons (Fsp3) is 0.556. The normalized spacial score (nSPS) is 10.1. The van der Waals surface area contributed by atoms with Gasteiger partial charge in [0, 0.05) is 18.3 Å². The van der Waals surface area contributed by atoms with Crippen LogP contribution in [0.25, 0.3) is 0 Å². The largest absolute Gasteiger partial charge is 0.341 e. The van der Waals surface area contributed by atoms with E-state index in [2.05, 4.69) is 4.98 Å². The fourth-order valence-electron chi connectivity index (χ4n) is 1.05. The van der Waals surface area contributed by atoms with E-state index in [9.17, 15) is 4.79 Å². The SMILES string of the molecule is CCC(=O)N(C)Cc1scnc1C. The Kier molecular flexibility index (Phi) is 3.42. The predicted octanol–water partition coefficient (Wildman–Crippen LogP) is 1.82. The van der Waals surface area contributed by atoms with Crippen molar-refractivity contribution in [3.8, 4) is 0 Å². The lowest BCUT2D eigenvalue weighted by molar-refractivity contribution is -0.130. The van der Waals surface area contributed by atoms with E-state index in [1.54, 1.807) is 16.2 Å². The number of carbonyl (C=O) groups is 1. The molecule has 0 N–H and O–H groups in total. The van der Waals surface area contributed by atoms with Crippen LogP contribution in [-0.4, -0.2) is 22.8 Å². The van der Waals surface area contributed by atoms with Crippen LogP contribution < -0.4 is 0 Å². The Morgan fingerprint density at radius 2 is 2.38 bits per heavy atom. The minimum atomic E-state index is 0.174. The maximum absolute atomic E-state index is 11.3. The van der Waals surface area contributed by atoms with Gasteiger partial charge >= 0.3 is 0 Å². The van der Waals surface area contributed by atoms with Crippen LogP contribution in [0.3, 0.4) is 0 Å². The molecule has 0 spiro atoms. The minimum Gasteiger partial charge on any atom is -0.341 e. The van der Waals surface area contributed by atoms with Crippen molar-refractivity contribution < 1.29 is 4.79 Å². The van der Waals surface area contributed by atoms with E-state index in [4.69, 9.17) is 0 Å². The lowest BCUT2D eigenvalue weighted by atomic mass is 10.3. The van der Waals surface area contributed by atoms with Gasteiger partial charge in [0.05, 0.1) is 17.7 Å². The molecule has 0 aliphatic heterocycles. The van der Waals surface area contributed by atoms with Crippen LogP contribution in [0.4, 0.5) is 0 Å². The first kappa shape index (κ1) is 10.2. The predicted molar refractivity (Wildman–Crippen MR) is 53.6 cm³/mol. The average molecular weight is 198 g/mol. The summed E-state index contributed by atoms with van der Waals surface area (Å²) in [6.07, 6.45) is 0.564. The van der Waals surface area contributed by atoms with Crippen molar-refractivity contribution in [2.45, 2.75) is 26.8 Å². The Morgan fingerprint density at radius 3 is 2.85 bits per heavy atom. The molecule has 0 aliphatic rings. The fourth-order valence-corrected chi connectivity index (χ4v) is 1.88. The van der Waals surface area contributed by atoms with Gasteiger partial charge in [-0.25, -0.2) is 4.98 Å². The van der Waals surface area contributed by atoms with Crippen molar-refractivity contribution in [2.75, 3.05) is 7.05 Å². The third kappa shape index (κ3) is 2.52. The lowest BCUT2D eigenvalue weighted by Gasteiger charge is -2.15. The van der Waals surface area contributed by atoms with E-state index >= 15 is 0 Å². The summed E-state index contributed by atoms with van der Waals surface area (Å²) in [5.74, 6) is 0.174. The number of thiazole rings is 1. The molecular weight excluding hydrogens is 184 g/mol. The second-order valence-electron chi connectivity index (χ2n) is 2.96. The van der Waals surface area contributed by atoms with Crippen LogP contribution >= 0.6 is 11.3 Å². The van der Waals surface area contributed by atoms with E-state index in [1.807, 2.05) is 26.4 Å². The summed E-state index contributed by atoms with van der Waals surface area (Å²) in [6, 6.07) is 0. The Hall–Kier alpha value is -0.900. The van der Waals surface area contributed by atoms with Gasteiger partial charge in [0.1, 0.15) is 0 Å². The Labute approximate surface area is 82.4 Å². The maximum Gasteiger partial charge on any atom is 0.222 e. The van der Waals surface area contributed by atoms with Crippen molar-refractivity contribution in [3.63, 3.8) is 0 Å². The molecule has 0 saturated heterocycles. The molecule has 1 aromatic heterocycles.